The highest BCUT2D eigenvalue weighted by molar-refractivity contribution is 7.32. The Morgan fingerprint density at radius 2 is 1.81 bits per heavy atom. The summed E-state index contributed by atoms with van der Waals surface area (Å²) in [4.78, 5) is 18.1. The van der Waals surface area contributed by atoms with E-state index in [0.717, 1.165) is 19.4 Å². The van der Waals surface area contributed by atoms with Crippen LogP contribution < -0.4 is 8.88 Å². The molecule has 0 saturated carbocycles. The van der Waals surface area contributed by atoms with E-state index in [2.05, 4.69) is 9.89 Å². The summed E-state index contributed by atoms with van der Waals surface area (Å²) in [6, 6.07) is 6.92. The molecule has 0 saturated heterocycles. The summed E-state index contributed by atoms with van der Waals surface area (Å²) in [5.41, 5.74) is 1.09. The molecule has 0 atom stereocenters. The molecule has 0 bridgehead atoms. The fraction of sp³-hybridized carbons (Fsp3) is 0.357. The molecule has 0 aliphatic carbocycles. The van der Waals surface area contributed by atoms with E-state index in [1.54, 1.807) is 46.9 Å². The van der Waals surface area contributed by atoms with Gasteiger partial charge in [-0.2, -0.15) is 0 Å². The highest BCUT2D eigenvalue weighted by atomic mass is 32.2. The van der Waals surface area contributed by atoms with E-state index >= 15 is 0 Å². The lowest BCUT2D eigenvalue weighted by molar-refractivity contribution is -0.384. The lowest BCUT2D eigenvalue weighted by Crippen LogP contribution is -2.07. The Morgan fingerprint density at radius 1 is 1.19 bits per heavy atom. The van der Waals surface area contributed by atoms with Crippen LogP contribution in [-0.4, -0.2) is 25.1 Å². The lowest BCUT2D eigenvalue weighted by atomic mass is 10.2. The van der Waals surface area contributed by atoms with Crippen LogP contribution in [0.4, 0.5) is 10.7 Å². The number of rotatable bonds is 4. The fourth-order valence-electron chi connectivity index (χ4n) is 1.76. The van der Waals surface area contributed by atoms with Crippen molar-refractivity contribution in [3.63, 3.8) is 0 Å². The first kappa shape index (κ1) is 15.7. The monoisotopic (exact) mass is 323 g/mol. The molecule has 0 unspecified atom stereocenters. The van der Waals surface area contributed by atoms with Gasteiger partial charge in [-0.3, -0.25) is 15.1 Å². The first-order chi connectivity index (χ1) is 9.88. The second-order valence-corrected chi connectivity index (χ2v) is 7.26. The molecule has 5 nitrogen and oxygen atoms in total. The normalized spacial score (nSPS) is 12.0. The predicted molar refractivity (Wildman–Crippen MR) is 89.3 cm³/mol. The van der Waals surface area contributed by atoms with Crippen LogP contribution in [0, 0.1) is 10.1 Å². The second-order valence-electron chi connectivity index (χ2n) is 5.03. The topological polar surface area (TPSA) is 58.7 Å². The van der Waals surface area contributed by atoms with E-state index in [1.807, 2.05) is 27.9 Å². The molecule has 2 rings (SSSR count). The number of nitro groups is 1. The standard InChI is InChI=1S/C14H17N3O2S2/c1-9(2)15-14-20-12(13(21-14)16(3)4)10-5-7-11(8-6-10)17(18)19/h5-9H,1-4H3. The largest absolute Gasteiger partial charge is 0.368 e. The van der Waals surface area contributed by atoms with Crippen LogP contribution >= 0.6 is 22.7 Å². The van der Waals surface area contributed by atoms with E-state index in [0.29, 0.717) is 0 Å². The maximum Gasteiger partial charge on any atom is 0.269 e. The van der Waals surface area contributed by atoms with Crippen molar-refractivity contribution in [1.29, 1.82) is 0 Å². The zero-order valence-corrected chi connectivity index (χ0v) is 14.0. The molecule has 1 aromatic heterocycles. The summed E-state index contributed by atoms with van der Waals surface area (Å²) < 4.78 is 1.02. The van der Waals surface area contributed by atoms with E-state index in [1.165, 1.54) is 0 Å². The SMILES string of the molecule is CC(C)N=c1sc(-c2ccc([N+](=O)[O-])cc2)c(N(C)C)s1. The van der Waals surface area contributed by atoms with Crippen LogP contribution in [0.3, 0.4) is 0 Å². The third kappa shape index (κ3) is 3.68. The summed E-state index contributed by atoms with van der Waals surface area (Å²) in [5.74, 6) is 0. The average Bonchev–Trinajstić information content (AvgIpc) is 2.82. The van der Waals surface area contributed by atoms with Gasteiger partial charge in [-0.1, -0.05) is 11.3 Å². The maximum absolute atomic E-state index is 10.7. The molecule has 7 heteroatoms. The summed E-state index contributed by atoms with van der Waals surface area (Å²) in [6.07, 6.45) is 0. The minimum atomic E-state index is -0.382. The molecular weight excluding hydrogens is 306 g/mol. The minimum Gasteiger partial charge on any atom is -0.368 e. The molecular formula is C14H17N3O2S2. The van der Waals surface area contributed by atoms with Gasteiger partial charge in [0.15, 0.2) is 3.98 Å². The van der Waals surface area contributed by atoms with Gasteiger partial charge in [0.05, 0.1) is 9.80 Å². The molecule has 0 amide bonds. The van der Waals surface area contributed by atoms with Gasteiger partial charge in [0.25, 0.3) is 5.69 Å². The maximum atomic E-state index is 10.7. The number of hydrogen-bond acceptors (Lipinski definition) is 6. The highest BCUT2D eigenvalue weighted by Crippen LogP contribution is 2.36. The Morgan fingerprint density at radius 3 is 2.29 bits per heavy atom. The third-order valence-corrected chi connectivity index (χ3v) is 5.26. The molecule has 21 heavy (non-hydrogen) atoms. The van der Waals surface area contributed by atoms with Crippen molar-refractivity contribution in [2.45, 2.75) is 19.9 Å². The van der Waals surface area contributed by atoms with E-state index in [9.17, 15) is 10.1 Å². The average molecular weight is 323 g/mol. The molecule has 1 aromatic carbocycles. The molecule has 112 valence electrons. The first-order valence-electron chi connectivity index (χ1n) is 6.48. The molecule has 0 aliphatic rings. The van der Waals surface area contributed by atoms with Crippen molar-refractivity contribution >= 4 is 33.4 Å². The number of benzene rings is 1. The lowest BCUT2D eigenvalue weighted by Gasteiger charge is -2.11. The van der Waals surface area contributed by atoms with Crippen molar-refractivity contribution in [3.8, 4) is 10.4 Å². The van der Waals surface area contributed by atoms with Crippen LogP contribution in [0.15, 0.2) is 29.3 Å². The number of non-ortho nitro benzene ring substituents is 1. The van der Waals surface area contributed by atoms with Crippen molar-refractivity contribution in [2.24, 2.45) is 4.99 Å². The van der Waals surface area contributed by atoms with E-state index in [-0.39, 0.29) is 16.7 Å². The smallest absolute Gasteiger partial charge is 0.269 e. The van der Waals surface area contributed by atoms with Crippen molar-refractivity contribution in [3.05, 3.63) is 38.4 Å². The van der Waals surface area contributed by atoms with Crippen LogP contribution in [-0.2, 0) is 0 Å². The van der Waals surface area contributed by atoms with E-state index < -0.39 is 0 Å². The van der Waals surface area contributed by atoms with E-state index in [4.69, 9.17) is 0 Å². The number of nitrogens with zero attached hydrogens (tertiary/aromatic N) is 3. The van der Waals surface area contributed by atoms with Crippen LogP contribution in [0.25, 0.3) is 10.4 Å². The molecule has 0 aliphatic heterocycles. The molecule has 0 fully saturated rings. The summed E-state index contributed by atoms with van der Waals surface area (Å²) >= 11 is 3.27. The Bertz CT molecular complexity index is 700. The van der Waals surface area contributed by atoms with Gasteiger partial charge in [-0.25, -0.2) is 0 Å². The number of nitro benzene ring substituents is 1. The number of hydrogen-bond donors (Lipinski definition) is 0. The van der Waals surface area contributed by atoms with Gasteiger partial charge in [-0.05, 0) is 31.5 Å². The molecule has 2 aromatic rings. The summed E-state index contributed by atoms with van der Waals surface area (Å²) in [5, 5.41) is 11.9. The number of anilines is 1. The zero-order valence-electron chi connectivity index (χ0n) is 12.4. The van der Waals surface area contributed by atoms with Crippen LogP contribution in [0.5, 0.6) is 0 Å². The molecule has 0 spiro atoms. The third-order valence-electron chi connectivity index (χ3n) is 2.68. The van der Waals surface area contributed by atoms with Crippen LogP contribution in [0.2, 0.25) is 0 Å². The second kappa shape index (κ2) is 6.36. The van der Waals surface area contributed by atoms with Gasteiger partial charge in [0.1, 0.15) is 5.00 Å². The van der Waals surface area contributed by atoms with Gasteiger partial charge in [0.2, 0.25) is 0 Å². The summed E-state index contributed by atoms with van der Waals surface area (Å²) in [7, 11) is 3.99. The Hall–Kier alpha value is -1.73. The highest BCUT2D eigenvalue weighted by Gasteiger charge is 2.13. The zero-order chi connectivity index (χ0) is 15.6. The minimum absolute atomic E-state index is 0.109. The van der Waals surface area contributed by atoms with Crippen molar-refractivity contribution < 1.29 is 4.92 Å². The molecule has 0 N–H and O–H groups in total. The summed E-state index contributed by atoms with van der Waals surface area (Å²) in [6.45, 7) is 4.10. The van der Waals surface area contributed by atoms with Crippen molar-refractivity contribution in [1.82, 2.24) is 0 Å². The van der Waals surface area contributed by atoms with Crippen LogP contribution in [0.1, 0.15) is 13.8 Å². The quantitative estimate of drug-likeness (QED) is 0.636. The van der Waals surface area contributed by atoms with Crippen molar-refractivity contribution in [2.75, 3.05) is 19.0 Å². The van der Waals surface area contributed by atoms with Gasteiger partial charge in [0, 0.05) is 32.3 Å². The Kier molecular flexibility index (Phi) is 4.74. The first-order valence-corrected chi connectivity index (χ1v) is 8.11. The predicted octanol–water partition coefficient (Wildman–Crippen LogP) is 3.76. The Labute approximate surface area is 131 Å². The Balaban J connectivity index is 2.51. The van der Waals surface area contributed by atoms with Gasteiger partial charge >= 0.3 is 0 Å². The van der Waals surface area contributed by atoms with Gasteiger partial charge < -0.3 is 4.90 Å². The fourth-order valence-corrected chi connectivity index (χ4v) is 4.44. The molecule has 1 heterocycles. The van der Waals surface area contributed by atoms with Gasteiger partial charge in [-0.15, -0.1) is 11.3 Å². The molecule has 0 radical (unpaired) electrons.